The lowest BCUT2D eigenvalue weighted by Crippen LogP contribution is -2.33. The summed E-state index contributed by atoms with van der Waals surface area (Å²) in [4.78, 5) is 10.3. The highest BCUT2D eigenvalue weighted by Gasteiger charge is 2.23. The molecule has 1 aliphatic heterocycles. The van der Waals surface area contributed by atoms with E-state index in [2.05, 4.69) is 168 Å². The van der Waals surface area contributed by atoms with Crippen molar-refractivity contribution in [1.82, 2.24) is 9.88 Å². The number of nitrogens with one attached hydrogen (secondary N) is 1. The molecule has 57 heavy (non-hydrogen) atoms. The normalized spacial score (nSPS) is 14.5. The molecule has 1 N–H and O–H groups in total. The lowest BCUT2D eigenvalue weighted by atomic mass is 10.0. The molecule has 1 atom stereocenters. The smallest absolute Gasteiger partial charge is 0.160 e. The Labute approximate surface area is 331 Å². The second-order valence-electron chi connectivity index (χ2n) is 14.6. The Kier molecular flexibility index (Phi) is 7.09. The fourth-order valence-corrected chi connectivity index (χ4v) is 9.81. The molecule has 0 spiro atoms. The van der Waals surface area contributed by atoms with Crippen LogP contribution >= 0.6 is 11.3 Å². The van der Waals surface area contributed by atoms with Crippen LogP contribution in [0, 0.1) is 0 Å². The fourth-order valence-electron chi connectivity index (χ4n) is 8.56. The van der Waals surface area contributed by atoms with Crippen LogP contribution in [0.5, 0.6) is 0 Å². The highest BCUT2D eigenvalue weighted by atomic mass is 32.1. The molecule has 0 saturated heterocycles. The summed E-state index contributed by atoms with van der Waals surface area (Å²) in [5.41, 5.74) is 10.6. The Bertz CT molecular complexity index is 3390. The van der Waals surface area contributed by atoms with Gasteiger partial charge in [-0.15, -0.1) is 11.3 Å². The third-order valence-corrected chi connectivity index (χ3v) is 12.5. The molecule has 268 valence electrons. The zero-order valence-electron chi connectivity index (χ0n) is 30.6. The molecule has 12 rings (SSSR count). The number of furan rings is 1. The van der Waals surface area contributed by atoms with E-state index in [-0.39, 0.29) is 6.17 Å². The molecular formula is C51H32N4OS. The van der Waals surface area contributed by atoms with Crippen molar-refractivity contribution in [3.05, 3.63) is 199 Å². The third kappa shape index (κ3) is 5.15. The van der Waals surface area contributed by atoms with Crippen LogP contribution in [0.4, 0.5) is 0 Å². The Balaban J connectivity index is 0.938. The lowest BCUT2D eigenvalue weighted by molar-refractivity contribution is 0.669. The average molecular weight is 749 g/mol. The number of fused-ring (bicyclic) bond motifs is 9. The van der Waals surface area contributed by atoms with Crippen molar-refractivity contribution >= 4 is 86.9 Å². The lowest BCUT2D eigenvalue weighted by Gasteiger charge is -2.23. The maximum atomic E-state index is 6.64. The summed E-state index contributed by atoms with van der Waals surface area (Å²) in [5, 5.41) is 10.7. The molecular weight excluding hydrogens is 717 g/mol. The number of para-hydroxylation sites is 2. The average Bonchev–Trinajstić information content (AvgIpc) is 3.95. The predicted octanol–water partition coefficient (Wildman–Crippen LogP) is 13.2. The third-order valence-electron chi connectivity index (χ3n) is 11.3. The molecule has 6 heteroatoms. The van der Waals surface area contributed by atoms with Gasteiger partial charge in [0.1, 0.15) is 23.2 Å². The molecule has 0 bridgehead atoms. The van der Waals surface area contributed by atoms with Gasteiger partial charge in [0.05, 0.1) is 11.0 Å². The molecule has 1 unspecified atom stereocenters. The van der Waals surface area contributed by atoms with Gasteiger partial charge in [0.2, 0.25) is 0 Å². The number of thiophene rings is 1. The monoisotopic (exact) mass is 748 g/mol. The van der Waals surface area contributed by atoms with E-state index in [0.717, 1.165) is 67.1 Å². The Hall–Kier alpha value is -7.28. The summed E-state index contributed by atoms with van der Waals surface area (Å²) in [5.74, 6) is 1.55. The first-order valence-electron chi connectivity index (χ1n) is 19.2. The van der Waals surface area contributed by atoms with Gasteiger partial charge in [-0.3, -0.25) is 0 Å². The Morgan fingerprint density at radius 2 is 1.14 bits per heavy atom. The van der Waals surface area contributed by atoms with E-state index in [1.807, 2.05) is 24.3 Å². The summed E-state index contributed by atoms with van der Waals surface area (Å²) in [7, 11) is 0. The first-order valence-corrected chi connectivity index (χ1v) is 20.0. The molecule has 11 aromatic rings. The minimum Gasteiger partial charge on any atom is -0.456 e. The van der Waals surface area contributed by atoms with Crippen LogP contribution in [-0.4, -0.2) is 16.2 Å². The van der Waals surface area contributed by atoms with Crippen molar-refractivity contribution in [2.45, 2.75) is 6.17 Å². The van der Waals surface area contributed by atoms with E-state index in [1.54, 1.807) is 11.3 Å². The molecule has 4 heterocycles. The van der Waals surface area contributed by atoms with Gasteiger partial charge in [0.15, 0.2) is 5.84 Å². The van der Waals surface area contributed by atoms with Crippen molar-refractivity contribution in [2.75, 3.05) is 0 Å². The van der Waals surface area contributed by atoms with Crippen LogP contribution in [0.1, 0.15) is 22.9 Å². The Morgan fingerprint density at radius 1 is 0.509 bits per heavy atom. The number of benzene rings is 8. The van der Waals surface area contributed by atoms with E-state index >= 15 is 0 Å². The van der Waals surface area contributed by atoms with Gasteiger partial charge in [0.25, 0.3) is 0 Å². The molecule has 3 aromatic heterocycles. The van der Waals surface area contributed by atoms with E-state index in [9.17, 15) is 0 Å². The topological polar surface area (TPSA) is 54.8 Å². The Morgan fingerprint density at radius 3 is 1.91 bits per heavy atom. The van der Waals surface area contributed by atoms with Gasteiger partial charge >= 0.3 is 0 Å². The second-order valence-corrected chi connectivity index (χ2v) is 15.6. The number of aromatic nitrogens is 1. The van der Waals surface area contributed by atoms with Crippen LogP contribution in [0.25, 0.3) is 80.7 Å². The number of amidine groups is 2. The zero-order valence-corrected chi connectivity index (χ0v) is 31.4. The summed E-state index contributed by atoms with van der Waals surface area (Å²) in [6.45, 7) is 0. The SMILES string of the molecule is c1ccc(C2=NC(c3cccc4c3sc3cc(-c5ccc6c(c5)oc5cc(-n7c8ccccc8c8ccccc87)ccc56)ccc34)=NC(c3ccccc3)N2)cc1. The van der Waals surface area contributed by atoms with Crippen LogP contribution < -0.4 is 5.32 Å². The molecule has 0 aliphatic carbocycles. The van der Waals surface area contributed by atoms with Crippen LogP contribution in [0.15, 0.2) is 196 Å². The van der Waals surface area contributed by atoms with Crippen molar-refractivity contribution in [1.29, 1.82) is 0 Å². The number of rotatable bonds is 5. The van der Waals surface area contributed by atoms with E-state index in [1.165, 1.54) is 42.0 Å². The predicted molar refractivity (Wildman–Crippen MR) is 238 cm³/mol. The zero-order chi connectivity index (χ0) is 37.5. The first-order chi connectivity index (χ1) is 28.2. The van der Waals surface area contributed by atoms with Crippen molar-refractivity contribution in [3.8, 4) is 16.8 Å². The van der Waals surface area contributed by atoms with Gasteiger partial charge in [-0.2, -0.15) is 0 Å². The molecule has 1 aliphatic rings. The van der Waals surface area contributed by atoms with Gasteiger partial charge < -0.3 is 14.3 Å². The quantitative estimate of drug-likeness (QED) is 0.191. The number of hydrogen-bond acceptors (Lipinski definition) is 5. The van der Waals surface area contributed by atoms with Crippen molar-refractivity contribution < 1.29 is 4.42 Å². The minimum atomic E-state index is -0.251. The number of hydrogen-bond donors (Lipinski definition) is 1. The van der Waals surface area contributed by atoms with Crippen LogP contribution in [0.3, 0.4) is 0 Å². The van der Waals surface area contributed by atoms with Gasteiger partial charge in [-0.25, -0.2) is 9.98 Å². The number of aliphatic imine (C=N–C) groups is 2. The fraction of sp³-hybridized carbons (Fsp3) is 0.0196. The highest BCUT2D eigenvalue weighted by molar-refractivity contribution is 7.26. The summed E-state index contributed by atoms with van der Waals surface area (Å²) in [6.07, 6.45) is -0.251. The molecule has 8 aromatic carbocycles. The van der Waals surface area contributed by atoms with Crippen molar-refractivity contribution in [2.24, 2.45) is 9.98 Å². The highest BCUT2D eigenvalue weighted by Crippen LogP contribution is 2.41. The standard InChI is InChI=1S/C51H32N4OS/c1-3-12-31(13-4-1)49-52-50(32-14-5-2-6-15-32)54-51(53-49)42-19-11-18-41-40-26-23-34(29-47(40)57-48(41)42)33-22-25-38-39-27-24-35(30-46(39)56-45(38)28-33)55-43-20-9-7-16-36(43)37-17-8-10-21-44(37)55/h1-30,49H,(H,52,53,54). The maximum absolute atomic E-state index is 6.64. The van der Waals surface area contributed by atoms with Gasteiger partial charge in [-0.05, 0) is 65.2 Å². The summed E-state index contributed by atoms with van der Waals surface area (Å²) >= 11 is 1.80. The largest absolute Gasteiger partial charge is 0.456 e. The maximum Gasteiger partial charge on any atom is 0.160 e. The molecule has 5 nitrogen and oxygen atoms in total. The molecule has 0 fully saturated rings. The molecule has 0 amide bonds. The van der Waals surface area contributed by atoms with Crippen LogP contribution in [-0.2, 0) is 0 Å². The molecule has 0 saturated carbocycles. The second kappa shape index (κ2) is 12.6. The first kappa shape index (κ1) is 32.0. The van der Waals surface area contributed by atoms with E-state index in [0.29, 0.717) is 0 Å². The molecule has 0 radical (unpaired) electrons. The van der Waals surface area contributed by atoms with Gasteiger partial charge in [0, 0.05) is 64.6 Å². The van der Waals surface area contributed by atoms with Crippen molar-refractivity contribution in [3.63, 3.8) is 0 Å². The minimum absolute atomic E-state index is 0.251. The van der Waals surface area contributed by atoms with Gasteiger partial charge in [-0.1, -0.05) is 127 Å². The van der Waals surface area contributed by atoms with E-state index in [4.69, 9.17) is 14.4 Å². The number of nitrogens with zero attached hydrogens (tertiary/aromatic N) is 3. The van der Waals surface area contributed by atoms with E-state index < -0.39 is 0 Å². The summed E-state index contributed by atoms with van der Waals surface area (Å²) in [6, 6.07) is 64.3. The van der Waals surface area contributed by atoms with Crippen LogP contribution in [0.2, 0.25) is 0 Å². The summed E-state index contributed by atoms with van der Waals surface area (Å²) < 4.78 is 11.4.